The van der Waals surface area contributed by atoms with Crippen LogP contribution >= 0.6 is 11.8 Å². The number of carbonyl (C=O) groups is 1. The summed E-state index contributed by atoms with van der Waals surface area (Å²) in [6.07, 6.45) is 5.42. The van der Waals surface area contributed by atoms with Gasteiger partial charge in [-0.1, -0.05) is 6.07 Å². The van der Waals surface area contributed by atoms with E-state index in [-0.39, 0.29) is 11.8 Å². The zero-order chi connectivity index (χ0) is 23.9. The van der Waals surface area contributed by atoms with E-state index in [1.54, 1.807) is 19.2 Å². The molecule has 0 saturated carbocycles. The van der Waals surface area contributed by atoms with Crippen molar-refractivity contribution in [3.8, 4) is 5.75 Å². The first kappa shape index (κ1) is 24.4. The van der Waals surface area contributed by atoms with E-state index >= 15 is 0 Å². The highest BCUT2D eigenvalue weighted by Gasteiger charge is 2.33. The van der Waals surface area contributed by atoms with E-state index < -0.39 is 11.9 Å². The highest BCUT2D eigenvalue weighted by molar-refractivity contribution is 7.99. The molecule has 3 heterocycles. The number of carboxylic acid groups (broad SMARTS) is 1. The molecule has 1 N–H and O–H groups in total. The average molecular weight is 484 g/mol. The molecule has 180 valence electrons. The molecule has 0 amide bonds. The van der Waals surface area contributed by atoms with Crippen LogP contribution in [-0.4, -0.2) is 58.4 Å². The van der Waals surface area contributed by atoms with Gasteiger partial charge in [-0.3, -0.25) is 9.78 Å². The second-order valence-electron chi connectivity index (χ2n) is 8.69. The van der Waals surface area contributed by atoms with E-state index in [0.29, 0.717) is 11.6 Å². The summed E-state index contributed by atoms with van der Waals surface area (Å²) in [6.45, 7) is 2.22. The minimum absolute atomic E-state index is 0.175. The van der Waals surface area contributed by atoms with E-state index in [1.807, 2.05) is 30.5 Å². The normalized spacial score (nSPS) is 18.8. The monoisotopic (exact) mass is 483 g/mol. The van der Waals surface area contributed by atoms with Crippen molar-refractivity contribution in [1.82, 2.24) is 14.9 Å². The second-order valence-corrected chi connectivity index (χ2v) is 9.80. The number of hydrogen-bond acceptors (Lipinski definition) is 6. The Bertz CT molecular complexity index is 1130. The summed E-state index contributed by atoms with van der Waals surface area (Å²) in [5.41, 5.74) is 2.16. The van der Waals surface area contributed by atoms with Crippen molar-refractivity contribution in [1.29, 1.82) is 0 Å². The number of aliphatic carboxylic acids is 1. The lowest BCUT2D eigenvalue weighted by atomic mass is 9.81. The lowest BCUT2D eigenvalue weighted by Crippen LogP contribution is -2.44. The molecule has 4 rings (SSSR count). The van der Waals surface area contributed by atoms with Crippen LogP contribution in [-0.2, 0) is 11.2 Å². The molecule has 1 saturated heterocycles. The number of rotatable bonds is 10. The smallest absolute Gasteiger partial charge is 0.308 e. The zero-order valence-electron chi connectivity index (χ0n) is 19.3. The maximum atomic E-state index is 13.2. The van der Waals surface area contributed by atoms with Gasteiger partial charge in [-0.15, -0.1) is 11.8 Å². The molecule has 34 heavy (non-hydrogen) atoms. The minimum Gasteiger partial charge on any atom is -0.497 e. The maximum Gasteiger partial charge on any atom is 0.308 e. The Labute approximate surface area is 203 Å². The van der Waals surface area contributed by atoms with Gasteiger partial charge in [-0.25, -0.2) is 4.98 Å². The summed E-state index contributed by atoms with van der Waals surface area (Å²) in [7, 11) is 1.66. The average Bonchev–Trinajstić information content (AvgIpc) is 2.84. The van der Waals surface area contributed by atoms with Crippen LogP contribution < -0.4 is 4.74 Å². The van der Waals surface area contributed by atoms with Crippen LogP contribution in [0.5, 0.6) is 5.75 Å². The third kappa shape index (κ3) is 6.24. The van der Waals surface area contributed by atoms with Gasteiger partial charge in [0.05, 0.1) is 23.6 Å². The molecule has 8 heteroatoms. The molecule has 1 aromatic carbocycles. The van der Waals surface area contributed by atoms with Gasteiger partial charge in [-0.2, -0.15) is 4.39 Å². The number of fused-ring (bicyclic) bond motifs is 1. The first-order chi connectivity index (χ1) is 16.5. The van der Waals surface area contributed by atoms with Gasteiger partial charge in [0.15, 0.2) is 0 Å². The van der Waals surface area contributed by atoms with Gasteiger partial charge in [0.25, 0.3) is 0 Å². The molecule has 1 aliphatic heterocycles. The molecule has 3 aromatic rings. The molecule has 0 aliphatic carbocycles. The van der Waals surface area contributed by atoms with Crippen LogP contribution in [0.3, 0.4) is 0 Å². The fraction of sp³-hybridized carbons (Fsp3) is 0.423. The van der Waals surface area contributed by atoms with Gasteiger partial charge >= 0.3 is 5.97 Å². The standard InChI is InChI=1S/C26H30FN3O3S/c1-33-20-8-9-23-21(16-20)18(10-12-28-23)4-2-5-19-11-13-30(17-22(19)26(31)32)14-15-34-25-7-3-6-24(27)29-25/h3,6-10,12,16,19,22H,2,4-5,11,13-15,17H2,1H3,(H,31,32)/t19-,22+/m1/s1. The molecule has 0 bridgehead atoms. The van der Waals surface area contributed by atoms with Gasteiger partial charge in [0.1, 0.15) is 5.75 Å². The SMILES string of the molecule is COc1ccc2nccc(CCC[C@@H]3CCN(CCSc4cccc(F)n4)C[C@@H]3C(=O)O)c2c1. The van der Waals surface area contributed by atoms with E-state index in [0.717, 1.165) is 61.2 Å². The molecule has 0 spiro atoms. The molecule has 0 unspecified atom stereocenters. The predicted octanol–water partition coefficient (Wildman–Crippen LogP) is 4.92. The number of benzene rings is 1. The van der Waals surface area contributed by atoms with E-state index in [4.69, 9.17) is 4.74 Å². The third-order valence-electron chi connectivity index (χ3n) is 6.56. The Kier molecular flexibility index (Phi) is 8.34. The molecule has 1 fully saturated rings. The van der Waals surface area contributed by atoms with Gasteiger partial charge in [0.2, 0.25) is 5.95 Å². The molecule has 1 aliphatic rings. The van der Waals surface area contributed by atoms with Crippen LogP contribution in [0.4, 0.5) is 4.39 Å². The Balaban J connectivity index is 1.29. The molecule has 0 radical (unpaired) electrons. The summed E-state index contributed by atoms with van der Waals surface area (Å²) in [6, 6.07) is 12.7. The minimum atomic E-state index is -0.715. The number of piperidine rings is 1. The van der Waals surface area contributed by atoms with E-state index in [1.165, 1.54) is 23.4 Å². The van der Waals surface area contributed by atoms with Crippen LogP contribution in [0.15, 0.2) is 53.7 Å². The number of nitrogens with zero attached hydrogens (tertiary/aromatic N) is 3. The highest BCUT2D eigenvalue weighted by Crippen LogP contribution is 2.30. The van der Waals surface area contributed by atoms with Crippen molar-refractivity contribution in [3.63, 3.8) is 0 Å². The third-order valence-corrected chi connectivity index (χ3v) is 7.47. The van der Waals surface area contributed by atoms with E-state index in [2.05, 4.69) is 14.9 Å². The quantitative estimate of drug-likeness (QED) is 0.324. The lowest BCUT2D eigenvalue weighted by Gasteiger charge is -2.36. The number of likely N-dealkylation sites (tertiary alicyclic amines) is 1. The largest absolute Gasteiger partial charge is 0.497 e. The van der Waals surface area contributed by atoms with Crippen molar-refractivity contribution >= 4 is 28.6 Å². The van der Waals surface area contributed by atoms with Crippen molar-refractivity contribution in [3.05, 3.63) is 60.2 Å². The highest BCUT2D eigenvalue weighted by atomic mass is 32.2. The number of aryl methyl sites for hydroxylation is 1. The molecular weight excluding hydrogens is 453 g/mol. The number of hydrogen-bond donors (Lipinski definition) is 1. The zero-order valence-corrected chi connectivity index (χ0v) is 20.1. The van der Waals surface area contributed by atoms with Crippen LogP contribution in [0, 0.1) is 17.8 Å². The fourth-order valence-electron chi connectivity index (χ4n) is 4.73. The van der Waals surface area contributed by atoms with Gasteiger partial charge in [-0.05, 0) is 80.1 Å². The van der Waals surface area contributed by atoms with Crippen molar-refractivity contribution in [2.75, 3.05) is 32.5 Å². The van der Waals surface area contributed by atoms with Crippen LogP contribution in [0.1, 0.15) is 24.8 Å². The van der Waals surface area contributed by atoms with Crippen molar-refractivity contribution < 1.29 is 19.0 Å². The molecular formula is C26H30FN3O3S. The molecule has 2 atom stereocenters. The number of methoxy groups -OCH3 is 1. The second kappa shape index (κ2) is 11.6. The van der Waals surface area contributed by atoms with Gasteiger partial charge < -0.3 is 14.7 Å². The maximum absolute atomic E-state index is 13.2. The first-order valence-electron chi connectivity index (χ1n) is 11.7. The topological polar surface area (TPSA) is 75.5 Å². The Morgan fingerprint density at radius 2 is 2.18 bits per heavy atom. The van der Waals surface area contributed by atoms with Crippen LogP contribution in [0.25, 0.3) is 10.9 Å². The number of halogens is 1. The lowest BCUT2D eigenvalue weighted by molar-refractivity contribution is -0.146. The number of carboxylic acids is 1. The van der Waals surface area contributed by atoms with Gasteiger partial charge in [0, 0.05) is 30.4 Å². The summed E-state index contributed by atoms with van der Waals surface area (Å²) >= 11 is 1.50. The number of thioether (sulfide) groups is 1. The first-order valence-corrected chi connectivity index (χ1v) is 12.6. The summed E-state index contributed by atoms with van der Waals surface area (Å²) in [5, 5.41) is 11.6. The number of aromatic nitrogens is 2. The van der Waals surface area contributed by atoms with Crippen LogP contribution in [0.2, 0.25) is 0 Å². The van der Waals surface area contributed by atoms with Crippen molar-refractivity contribution in [2.24, 2.45) is 11.8 Å². The molecule has 2 aromatic heterocycles. The summed E-state index contributed by atoms with van der Waals surface area (Å²) in [4.78, 5) is 22.5. The van der Waals surface area contributed by atoms with Crippen molar-refractivity contribution in [2.45, 2.75) is 30.7 Å². The number of pyridine rings is 2. The summed E-state index contributed by atoms with van der Waals surface area (Å²) in [5.74, 6) is 0.191. The summed E-state index contributed by atoms with van der Waals surface area (Å²) < 4.78 is 18.6. The molecule has 6 nitrogen and oxygen atoms in total. The fourth-order valence-corrected chi connectivity index (χ4v) is 5.61. The van der Waals surface area contributed by atoms with E-state index in [9.17, 15) is 14.3 Å². The predicted molar refractivity (Wildman–Crippen MR) is 132 cm³/mol. The number of ether oxygens (including phenoxy) is 1. The Hall–Kier alpha value is -2.71. The Morgan fingerprint density at radius 3 is 2.97 bits per heavy atom. The Morgan fingerprint density at radius 1 is 1.29 bits per heavy atom.